The Morgan fingerprint density at radius 2 is 2.00 bits per heavy atom. The van der Waals surface area contributed by atoms with Crippen molar-refractivity contribution >= 4 is 11.7 Å². The molecular weight excluding hydrogens is 330 g/mol. The van der Waals surface area contributed by atoms with Crippen LogP contribution in [-0.2, 0) is 12.8 Å². The molecule has 0 bridgehead atoms. The van der Waals surface area contributed by atoms with Crippen LogP contribution in [0.2, 0.25) is 0 Å². The van der Waals surface area contributed by atoms with Gasteiger partial charge >= 0.3 is 0 Å². The van der Waals surface area contributed by atoms with Gasteiger partial charge in [0, 0.05) is 49.9 Å². The van der Waals surface area contributed by atoms with Crippen molar-refractivity contribution in [1.82, 2.24) is 20.0 Å². The molecule has 1 aliphatic carbocycles. The van der Waals surface area contributed by atoms with E-state index in [4.69, 9.17) is 4.52 Å². The third-order valence-electron chi connectivity index (χ3n) is 5.60. The second-order valence-corrected chi connectivity index (χ2v) is 7.29. The van der Waals surface area contributed by atoms with Gasteiger partial charge in [-0.05, 0) is 39.0 Å². The van der Waals surface area contributed by atoms with Crippen molar-refractivity contribution < 1.29 is 9.32 Å². The summed E-state index contributed by atoms with van der Waals surface area (Å²) in [5, 5.41) is 4.09. The molecule has 26 heavy (non-hydrogen) atoms. The van der Waals surface area contributed by atoms with Crippen LogP contribution in [0.25, 0.3) is 0 Å². The fraction of sp³-hybridized carbons (Fsp3) is 0.579. The predicted molar refractivity (Wildman–Crippen MR) is 97.2 cm³/mol. The summed E-state index contributed by atoms with van der Waals surface area (Å²) in [6.45, 7) is 3.44. The Bertz CT molecular complexity index is 795. The van der Waals surface area contributed by atoms with E-state index in [1.807, 2.05) is 17.9 Å². The largest absolute Gasteiger partial charge is 0.360 e. The first kappa shape index (κ1) is 17.0. The molecule has 1 fully saturated rings. The molecule has 0 radical (unpaired) electrons. The number of aromatic nitrogens is 3. The third kappa shape index (κ3) is 3.18. The summed E-state index contributed by atoms with van der Waals surface area (Å²) in [5.41, 5.74) is 2.54. The van der Waals surface area contributed by atoms with E-state index in [0.29, 0.717) is 11.7 Å². The number of hydrogen-bond donors (Lipinski definition) is 0. The number of hydrogen-bond acceptors (Lipinski definition) is 6. The highest BCUT2D eigenvalue weighted by atomic mass is 16.5. The summed E-state index contributed by atoms with van der Waals surface area (Å²) in [4.78, 5) is 25.5. The maximum Gasteiger partial charge on any atom is 0.276 e. The Labute approximate surface area is 153 Å². The zero-order valence-corrected chi connectivity index (χ0v) is 15.4. The van der Waals surface area contributed by atoms with Crippen LogP contribution in [0.1, 0.15) is 53.2 Å². The van der Waals surface area contributed by atoms with Crippen LogP contribution >= 0.6 is 0 Å². The van der Waals surface area contributed by atoms with Crippen LogP contribution in [-0.4, -0.2) is 52.1 Å². The number of amides is 1. The molecule has 1 aliphatic heterocycles. The summed E-state index contributed by atoms with van der Waals surface area (Å²) in [6, 6.07) is 2.37. The standard InChI is InChI=1S/C19H25N5O2/c1-13-11-17(21-12-20-13)23(2)14-7-9-24(10-8-14)19(25)18-15-5-3-4-6-16(15)26-22-18/h11-12,14H,3-10H2,1-2H3. The van der Waals surface area contributed by atoms with Crippen molar-refractivity contribution in [1.29, 1.82) is 0 Å². The van der Waals surface area contributed by atoms with Crippen molar-refractivity contribution in [2.75, 3.05) is 25.0 Å². The van der Waals surface area contributed by atoms with E-state index in [1.54, 1.807) is 6.33 Å². The maximum atomic E-state index is 12.9. The average molecular weight is 355 g/mol. The zero-order chi connectivity index (χ0) is 18.1. The van der Waals surface area contributed by atoms with Gasteiger partial charge in [0.05, 0.1) is 0 Å². The zero-order valence-electron chi connectivity index (χ0n) is 15.4. The smallest absolute Gasteiger partial charge is 0.276 e. The second kappa shape index (κ2) is 7.05. The predicted octanol–water partition coefficient (Wildman–Crippen LogP) is 2.39. The van der Waals surface area contributed by atoms with Gasteiger partial charge in [-0.15, -0.1) is 0 Å². The molecule has 3 heterocycles. The van der Waals surface area contributed by atoms with Gasteiger partial charge in [0.1, 0.15) is 17.9 Å². The molecular formula is C19H25N5O2. The first-order valence-electron chi connectivity index (χ1n) is 9.41. The molecule has 0 unspecified atom stereocenters. The lowest BCUT2D eigenvalue weighted by atomic mass is 9.95. The molecule has 0 saturated carbocycles. The van der Waals surface area contributed by atoms with E-state index in [1.165, 1.54) is 0 Å². The molecule has 0 aromatic carbocycles. The average Bonchev–Trinajstić information content (AvgIpc) is 3.11. The highest BCUT2D eigenvalue weighted by Gasteiger charge is 2.31. The van der Waals surface area contributed by atoms with E-state index >= 15 is 0 Å². The van der Waals surface area contributed by atoms with E-state index in [2.05, 4.69) is 27.1 Å². The minimum absolute atomic E-state index is 0.0240. The van der Waals surface area contributed by atoms with Gasteiger partial charge in [0.15, 0.2) is 5.69 Å². The number of piperidine rings is 1. The molecule has 2 aromatic rings. The Morgan fingerprint density at radius 3 is 2.77 bits per heavy atom. The van der Waals surface area contributed by atoms with Gasteiger partial charge in [-0.3, -0.25) is 4.79 Å². The first-order chi connectivity index (χ1) is 12.6. The number of fused-ring (bicyclic) bond motifs is 1. The lowest BCUT2D eigenvalue weighted by molar-refractivity contribution is 0.0701. The van der Waals surface area contributed by atoms with E-state index in [0.717, 1.165) is 74.4 Å². The molecule has 4 rings (SSSR count). The highest BCUT2D eigenvalue weighted by molar-refractivity contribution is 5.94. The lowest BCUT2D eigenvalue weighted by Crippen LogP contribution is -2.46. The fourth-order valence-electron chi connectivity index (χ4n) is 3.98. The van der Waals surface area contributed by atoms with Crippen LogP contribution in [0.4, 0.5) is 5.82 Å². The summed E-state index contributed by atoms with van der Waals surface area (Å²) in [6.07, 6.45) is 7.49. The van der Waals surface area contributed by atoms with Gasteiger partial charge < -0.3 is 14.3 Å². The van der Waals surface area contributed by atoms with E-state index in [9.17, 15) is 4.79 Å². The Morgan fingerprint density at radius 1 is 1.23 bits per heavy atom. The molecule has 0 spiro atoms. The van der Waals surface area contributed by atoms with Crippen molar-refractivity contribution in [3.05, 3.63) is 35.1 Å². The number of rotatable bonds is 3. The van der Waals surface area contributed by atoms with Gasteiger partial charge in [-0.2, -0.15) is 0 Å². The normalized spacial score (nSPS) is 17.8. The number of nitrogens with zero attached hydrogens (tertiary/aromatic N) is 5. The minimum Gasteiger partial charge on any atom is -0.360 e. The van der Waals surface area contributed by atoms with Crippen LogP contribution in [0.5, 0.6) is 0 Å². The molecule has 1 saturated heterocycles. The maximum absolute atomic E-state index is 12.9. The van der Waals surface area contributed by atoms with Crippen molar-refractivity contribution in [3.8, 4) is 0 Å². The Hall–Kier alpha value is -2.44. The minimum atomic E-state index is 0.0240. The van der Waals surface area contributed by atoms with Gasteiger partial charge in [-0.1, -0.05) is 5.16 Å². The van der Waals surface area contributed by atoms with Crippen LogP contribution in [0.3, 0.4) is 0 Å². The van der Waals surface area contributed by atoms with Crippen LogP contribution < -0.4 is 4.90 Å². The fourth-order valence-corrected chi connectivity index (χ4v) is 3.98. The van der Waals surface area contributed by atoms with Crippen molar-refractivity contribution in [2.24, 2.45) is 0 Å². The summed E-state index contributed by atoms with van der Waals surface area (Å²) in [5.74, 6) is 1.87. The first-order valence-corrected chi connectivity index (χ1v) is 9.41. The highest BCUT2D eigenvalue weighted by Crippen LogP contribution is 2.27. The van der Waals surface area contributed by atoms with Crippen LogP contribution in [0, 0.1) is 6.92 Å². The van der Waals surface area contributed by atoms with Gasteiger partial charge in [0.2, 0.25) is 0 Å². The van der Waals surface area contributed by atoms with Crippen molar-refractivity contribution in [2.45, 2.75) is 51.5 Å². The molecule has 7 nitrogen and oxygen atoms in total. The van der Waals surface area contributed by atoms with Gasteiger partial charge in [-0.25, -0.2) is 9.97 Å². The molecule has 1 amide bonds. The summed E-state index contributed by atoms with van der Waals surface area (Å²) < 4.78 is 5.41. The molecule has 2 aromatic heterocycles. The van der Waals surface area contributed by atoms with Crippen molar-refractivity contribution in [3.63, 3.8) is 0 Å². The SMILES string of the molecule is Cc1cc(N(C)C2CCN(C(=O)c3noc4c3CCCC4)CC2)ncn1. The number of carbonyl (C=O) groups is 1. The van der Waals surface area contributed by atoms with E-state index < -0.39 is 0 Å². The monoisotopic (exact) mass is 355 g/mol. The number of likely N-dealkylation sites (tertiary alicyclic amines) is 1. The van der Waals surface area contributed by atoms with E-state index in [-0.39, 0.29) is 5.91 Å². The summed E-state index contributed by atoms with van der Waals surface area (Å²) in [7, 11) is 2.07. The number of carbonyl (C=O) groups excluding carboxylic acids is 1. The number of aryl methyl sites for hydroxylation is 2. The molecule has 0 atom stereocenters. The third-order valence-corrected chi connectivity index (χ3v) is 5.60. The topological polar surface area (TPSA) is 75.4 Å². The van der Waals surface area contributed by atoms with Gasteiger partial charge in [0.25, 0.3) is 5.91 Å². The molecule has 0 N–H and O–H groups in total. The second-order valence-electron chi connectivity index (χ2n) is 7.29. The molecule has 7 heteroatoms. The van der Waals surface area contributed by atoms with Crippen LogP contribution in [0.15, 0.2) is 16.9 Å². The quantitative estimate of drug-likeness (QED) is 0.841. The number of anilines is 1. The molecule has 2 aliphatic rings. The molecule has 138 valence electrons. The Kier molecular flexibility index (Phi) is 4.61. The lowest BCUT2D eigenvalue weighted by Gasteiger charge is -2.37. The Balaban J connectivity index is 1.40. The summed E-state index contributed by atoms with van der Waals surface area (Å²) >= 11 is 0.